The second-order valence-corrected chi connectivity index (χ2v) is 8.41. The summed E-state index contributed by atoms with van der Waals surface area (Å²) in [5.41, 5.74) is 1.50. The fourth-order valence-electron chi connectivity index (χ4n) is 2.89. The van der Waals surface area contributed by atoms with Crippen LogP contribution in [0.5, 0.6) is 0 Å². The molecule has 0 saturated heterocycles. The van der Waals surface area contributed by atoms with E-state index in [4.69, 9.17) is 0 Å². The van der Waals surface area contributed by atoms with E-state index >= 15 is 0 Å². The summed E-state index contributed by atoms with van der Waals surface area (Å²) in [5.74, 6) is 0.288. The number of nitrogens with zero attached hydrogens (tertiary/aromatic N) is 2. The lowest BCUT2D eigenvalue weighted by molar-refractivity contribution is -0.385. The molecule has 1 aliphatic heterocycles. The quantitative estimate of drug-likeness (QED) is 0.564. The Hall–Kier alpha value is -1.93. The fourth-order valence-corrected chi connectivity index (χ4v) is 5.10. The molecule has 3 rings (SSSR count). The second-order valence-electron chi connectivity index (χ2n) is 5.70. The minimum absolute atomic E-state index is 0.0318. The van der Waals surface area contributed by atoms with Crippen LogP contribution in [0.4, 0.5) is 11.4 Å². The van der Waals surface area contributed by atoms with Crippen molar-refractivity contribution in [1.82, 2.24) is 0 Å². The van der Waals surface area contributed by atoms with Gasteiger partial charge in [-0.2, -0.15) is 0 Å². The molecule has 8 heteroatoms. The Morgan fingerprint density at radius 1 is 1.25 bits per heavy atom. The maximum Gasteiger partial charge on any atom is 0.283 e. The number of fused-ring (bicyclic) bond motifs is 1. The van der Waals surface area contributed by atoms with Gasteiger partial charge in [0.2, 0.25) is 0 Å². The summed E-state index contributed by atoms with van der Waals surface area (Å²) in [6.45, 7) is 2.46. The molecule has 0 fully saturated rings. The number of hydrogen-bond acceptors (Lipinski definition) is 4. The molecule has 0 saturated carbocycles. The lowest BCUT2D eigenvalue weighted by atomic mass is 9.93. The van der Waals surface area contributed by atoms with Gasteiger partial charge in [0.25, 0.3) is 15.7 Å². The fraction of sp³-hybridized carbons (Fsp3) is 0.250. The monoisotopic (exact) mass is 410 g/mol. The zero-order chi connectivity index (χ0) is 17.5. The van der Waals surface area contributed by atoms with Crippen molar-refractivity contribution >= 4 is 37.3 Å². The SMILES string of the molecule is CC1CCN(S(=O)(=O)c2ccc([N+](=O)[O-])c(Br)c2)c2ccccc21. The first-order chi connectivity index (χ1) is 11.3. The first kappa shape index (κ1) is 16.9. The first-order valence-electron chi connectivity index (χ1n) is 7.38. The molecule has 2 aromatic rings. The van der Waals surface area contributed by atoms with Gasteiger partial charge in [0.15, 0.2) is 0 Å². The third-order valence-electron chi connectivity index (χ3n) is 4.21. The molecule has 1 aliphatic rings. The summed E-state index contributed by atoms with van der Waals surface area (Å²) < 4.78 is 27.6. The average molecular weight is 411 g/mol. The largest absolute Gasteiger partial charge is 0.283 e. The van der Waals surface area contributed by atoms with Gasteiger partial charge in [-0.15, -0.1) is 0 Å². The molecule has 0 aromatic heterocycles. The van der Waals surface area contributed by atoms with Crippen LogP contribution < -0.4 is 4.31 Å². The Kier molecular flexibility index (Phi) is 4.35. The molecule has 0 spiro atoms. The summed E-state index contributed by atoms with van der Waals surface area (Å²) in [5, 5.41) is 10.9. The molecule has 1 unspecified atom stereocenters. The van der Waals surface area contributed by atoms with E-state index in [0.717, 1.165) is 12.0 Å². The number of para-hydroxylation sites is 1. The highest BCUT2D eigenvalue weighted by Gasteiger charge is 2.32. The van der Waals surface area contributed by atoms with Crippen molar-refractivity contribution in [2.45, 2.75) is 24.2 Å². The van der Waals surface area contributed by atoms with E-state index in [0.29, 0.717) is 12.2 Å². The van der Waals surface area contributed by atoms with Crippen molar-refractivity contribution in [2.24, 2.45) is 0 Å². The first-order valence-corrected chi connectivity index (χ1v) is 9.61. The van der Waals surface area contributed by atoms with E-state index < -0.39 is 14.9 Å². The van der Waals surface area contributed by atoms with Crippen LogP contribution in [-0.4, -0.2) is 19.9 Å². The molecule has 0 N–H and O–H groups in total. The van der Waals surface area contributed by atoms with E-state index in [-0.39, 0.29) is 21.0 Å². The summed E-state index contributed by atoms with van der Waals surface area (Å²) in [4.78, 5) is 10.4. The normalized spacial score (nSPS) is 17.4. The number of sulfonamides is 1. The Morgan fingerprint density at radius 2 is 1.96 bits per heavy atom. The molecule has 0 radical (unpaired) electrons. The molecule has 6 nitrogen and oxygen atoms in total. The standard InChI is InChI=1S/C16H15BrN2O4S/c1-11-8-9-18(15-5-3-2-4-13(11)15)24(22,23)12-6-7-16(19(20)21)14(17)10-12/h2-7,10-11H,8-9H2,1H3. The Bertz CT molecular complexity index is 914. The number of nitro benzene ring substituents is 1. The van der Waals surface area contributed by atoms with Crippen LogP contribution in [0.15, 0.2) is 51.8 Å². The van der Waals surface area contributed by atoms with Crippen molar-refractivity contribution in [3.8, 4) is 0 Å². The topological polar surface area (TPSA) is 80.5 Å². The molecule has 2 aromatic carbocycles. The minimum atomic E-state index is -3.78. The van der Waals surface area contributed by atoms with Crippen LogP contribution in [0, 0.1) is 10.1 Å². The van der Waals surface area contributed by atoms with Gasteiger partial charge in [0, 0.05) is 12.6 Å². The molecule has 0 amide bonds. The van der Waals surface area contributed by atoms with E-state index in [9.17, 15) is 18.5 Å². The summed E-state index contributed by atoms with van der Waals surface area (Å²) in [6.07, 6.45) is 0.727. The minimum Gasteiger partial charge on any atom is -0.266 e. The van der Waals surface area contributed by atoms with Gasteiger partial charge in [0.05, 0.1) is 20.0 Å². The maximum absolute atomic E-state index is 13.0. The zero-order valence-corrected chi connectivity index (χ0v) is 15.2. The van der Waals surface area contributed by atoms with E-state index in [2.05, 4.69) is 22.9 Å². The predicted octanol–water partition coefficient (Wildman–Crippen LogP) is 4.06. The van der Waals surface area contributed by atoms with Crippen LogP contribution in [0.3, 0.4) is 0 Å². The molecule has 1 atom stereocenters. The van der Waals surface area contributed by atoms with Gasteiger partial charge in [-0.05, 0) is 52.0 Å². The number of halogens is 1. The van der Waals surface area contributed by atoms with Gasteiger partial charge in [-0.1, -0.05) is 25.1 Å². The number of hydrogen-bond donors (Lipinski definition) is 0. The highest BCUT2D eigenvalue weighted by Crippen LogP contribution is 2.38. The maximum atomic E-state index is 13.0. The highest BCUT2D eigenvalue weighted by molar-refractivity contribution is 9.10. The summed E-state index contributed by atoms with van der Waals surface area (Å²) in [6, 6.07) is 11.2. The third kappa shape index (κ3) is 2.80. The molecular weight excluding hydrogens is 396 g/mol. The van der Waals surface area contributed by atoms with E-state index in [1.165, 1.54) is 22.5 Å². The van der Waals surface area contributed by atoms with Crippen LogP contribution in [0.2, 0.25) is 0 Å². The van der Waals surface area contributed by atoms with E-state index in [1.54, 1.807) is 6.07 Å². The lowest BCUT2D eigenvalue weighted by Gasteiger charge is -2.33. The van der Waals surface area contributed by atoms with Gasteiger partial charge < -0.3 is 0 Å². The van der Waals surface area contributed by atoms with Crippen LogP contribution in [-0.2, 0) is 10.0 Å². The van der Waals surface area contributed by atoms with Crippen molar-refractivity contribution < 1.29 is 13.3 Å². The van der Waals surface area contributed by atoms with Gasteiger partial charge in [-0.3, -0.25) is 14.4 Å². The Balaban J connectivity index is 2.08. The molecule has 126 valence electrons. The van der Waals surface area contributed by atoms with Crippen LogP contribution >= 0.6 is 15.9 Å². The Morgan fingerprint density at radius 3 is 2.62 bits per heavy atom. The molecule has 1 heterocycles. The predicted molar refractivity (Wildman–Crippen MR) is 94.8 cm³/mol. The second kappa shape index (κ2) is 6.18. The van der Waals surface area contributed by atoms with Gasteiger partial charge in [0.1, 0.15) is 0 Å². The average Bonchev–Trinajstić information content (AvgIpc) is 2.54. The van der Waals surface area contributed by atoms with E-state index in [1.807, 2.05) is 18.2 Å². The number of benzene rings is 2. The van der Waals surface area contributed by atoms with Crippen LogP contribution in [0.25, 0.3) is 0 Å². The van der Waals surface area contributed by atoms with Crippen molar-refractivity contribution in [2.75, 3.05) is 10.8 Å². The van der Waals surface area contributed by atoms with Gasteiger partial charge >= 0.3 is 0 Å². The molecule has 24 heavy (non-hydrogen) atoms. The number of nitro groups is 1. The van der Waals surface area contributed by atoms with Crippen molar-refractivity contribution in [3.63, 3.8) is 0 Å². The Labute approximate surface area is 148 Å². The molecular formula is C16H15BrN2O4S. The third-order valence-corrected chi connectivity index (χ3v) is 6.65. The number of rotatable bonds is 3. The smallest absolute Gasteiger partial charge is 0.266 e. The zero-order valence-electron chi connectivity index (χ0n) is 12.8. The van der Waals surface area contributed by atoms with Crippen molar-refractivity contribution in [3.05, 3.63) is 62.6 Å². The number of anilines is 1. The highest BCUT2D eigenvalue weighted by atomic mass is 79.9. The van der Waals surface area contributed by atoms with Crippen molar-refractivity contribution in [1.29, 1.82) is 0 Å². The lowest BCUT2D eigenvalue weighted by Crippen LogP contribution is -2.36. The molecule has 0 bridgehead atoms. The summed E-state index contributed by atoms with van der Waals surface area (Å²) in [7, 11) is -3.78. The van der Waals surface area contributed by atoms with Gasteiger partial charge in [-0.25, -0.2) is 8.42 Å². The molecule has 0 aliphatic carbocycles. The summed E-state index contributed by atoms with van der Waals surface area (Å²) >= 11 is 3.08. The van der Waals surface area contributed by atoms with Crippen LogP contribution in [0.1, 0.15) is 24.8 Å².